The zero-order chi connectivity index (χ0) is 12.9. The summed E-state index contributed by atoms with van der Waals surface area (Å²) in [5.41, 5.74) is 0. The SMILES string of the molecule is CC(O)C(O)C(O)C(O)CC(O)C(O)CO. The molecule has 0 heterocycles. The van der Waals surface area contributed by atoms with Crippen LogP contribution < -0.4 is 0 Å². The molecule has 7 nitrogen and oxygen atoms in total. The molecule has 0 saturated carbocycles. The number of rotatable bonds is 7. The lowest BCUT2D eigenvalue weighted by atomic mass is 9.97. The van der Waals surface area contributed by atoms with E-state index in [1.165, 1.54) is 6.92 Å². The molecule has 6 atom stereocenters. The maximum atomic E-state index is 9.38. The van der Waals surface area contributed by atoms with Crippen molar-refractivity contribution in [3.8, 4) is 0 Å². The second kappa shape index (κ2) is 7.13. The van der Waals surface area contributed by atoms with Crippen LogP contribution in [0.25, 0.3) is 0 Å². The molecule has 0 rings (SSSR count). The van der Waals surface area contributed by atoms with Gasteiger partial charge in [0, 0.05) is 6.42 Å². The molecule has 6 unspecified atom stereocenters. The Hall–Kier alpha value is -0.280. The van der Waals surface area contributed by atoms with Crippen molar-refractivity contribution in [1.29, 1.82) is 0 Å². The van der Waals surface area contributed by atoms with Crippen LogP contribution >= 0.6 is 0 Å². The molecule has 0 amide bonds. The first-order chi connectivity index (χ1) is 7.31. The van der Waals surface area contributed by atoms with Crippen LogP contribution in [0.5, 0.6) is 0 Å². The minimum atomic E-state index is -1.64. The topological polar surface area (TPSA) is 142 Å². The zero-order valence-corrected chi connectivity index (χ0v) is 9.01. The van der Waals surface area contributed by atoms with Crippen molar-refractivity contribution in [2.75, 3.05) is 6.61 Å². The van der Waals surface area contributed by atoms with Gasteiger partial charge in [-0.2, -0.15) is 0 Å². The largest absolute Gasteiger partial charge is 0.394 e. The molecule has 0 bridgehead atoms. The van der Waals surface area contributed by atoms with Crippen LogP contribution in [0.15, 0.2) is 0 Å². The molecule has 0 saturated heterocycles. The molecule has 16 heavy (non-hydrogen) atoms. The lowest BCUT2D eigenvalue weighted by Crippen LogP contribution is -2.46. The second-order valence-corrected chi connectivity index (χ2v) is 3.84. The zero-order valence-electron chi connectivity index (χ0n) is 9.01. The van der Waals surface area contributed by atoms with Gasteiger partial charge < -0.3 is 35.7 Å². The fraction of sp³-hybridized carbons (Fsp3) is 1.00. The lowest BCUT2D eigenvalue weighted by molar-refractivity contribution is -0.118. The van der Waals surface area contributed by atoms with Gasteiger partial charge in [-0.15, -0.1) is 0 Å². The summed E-state index contributed by atoms with van der Waals surface area (Å²) in [6.07, 6.45) is -9.20. The highest BCUT2D eigenvalue weighted by molar-refractivity contribution is 4.82. The average molecular weight is 240 g/mol. The van der Waals surface area contributed by atoms with Crippen LogP contribution in [-0.2, 0) is 0 Å². The minimum absolute atomic E-state index is 0.424. The first-order valence-corrected chi connectivity index (χ1v) is 5.00. The summed E-state index contributed by atoms with van der Waals surface area (Å²) in [5, 5.41) is 63.6. The monoisotopic (exact) mass is 240 g/mol. The van der Waals surface area contributed by atoms with Crippen molar-refractivity contribution in [2.24, 2.45) is 0 Å². The van der Waals surface area contributed by atoms with Crippen LogP contribution in [0, 0.1) is 0 Å². The van der Waals surface area contributed by atoms with Gasteiger partial charge in [-0.25, -0.2) is 0 Å². The van der Waals surface area contributed by atoms with Gasteiger partial charge in [0.25, 0.3) is 0 Å². The summed E-state index contributed by atoms with van der Waals surface area (Å²) < 4.78 is 0. The van der Waals surface area contributed by atoms with E-state index in [1.807, 2.05) is 0 Å². The molecular formula is C9H20O7. The fourth-order valence-corrected chi connectivity index (χ4v) is 1.18. The van der Waals surface area contributed by atoms with Gasteiger partial charge >= 0.3 is 0 Å². The molecule has 98 valence electrons. The van der Waals surface area contributed by atoms with Crippen molar-refractivity contribution in [2.45, 2.75) is 50.0 Å². The maximum absolute atomic E-state index is 9.38. The molecule has 0 aliphatic rings. The van der Waals surface area contributed by atoms with Crippen molar-refractivity contribution < 1.29 is 35.7 Å². The van der Waals surface area contributed by atoms with Crippen LogP contribution in [0.3, 0.4) is 0 Å². The predicted octanol–water partition coefficient (Wildman–Crippen LogP) is -3.45. The van der Waals surface area contributed by atoms with Crippen LogP contribution in [-0.4, -0.2) is 79.0 Å². The number of aliphatic hydroxyl groups excluding tert-OH is 7. The van der Waals surface area contributed by atoms with Crippen molar-refractivity contribution in [1.82, 2.24) is 0 Å². The summed E-state index contributed by atoms with van der Waals surface area (Å²) in [6.45, 7) is 0.558. The standard InChI is InChI=1S/C9H20O7/c1-4(11)8(15)9(16)6(13)2-5(12)7(14)3-10/h4-16H,2-3H2,1H3. The van der Waals surface area contributed by atoms with Crippen LogP contribution in [0.4, 0.5) is 0 Å². The highest BCUT2D eigenvalue weighted by atomic mass is 16.4. The molecule has 0 radical (unpaired) electrons. The third-order valence-electron chi connectivity index (χ3n) is 2.35. The smallest absolute Gasteiger partial charge is 0.108 e. The first-order valence-electron chi connectivity index (χ1n) is 5.00. The van der Waals surface area contributed by atoms with E-state index in [0.717, 1.165) is 0 Å². The Kier molecular flexibility index (Phi) is 7.00. The molecular weight excluding hydrogens is 220 g/mol. The Bertz CT molecular complexity index is 187. The molecule has 0 spiro atoms. The highest BCUT2D eigenvalue weighted by Gasteiger charge is 2.30. The van der Waals surface area contributed by atoms with E-state index in [2.05, 4.69) is 0 Å². The molecule has 0 aromatic rings. The third kappa shape index (κ3) is 4.71. The Labute approximate surface area is 93.2 Å². The second-order valence-electron chi connectivity index (χ2n) is 3.84. The summed E-state index contributed by atoms with van der Waals surface area (Å²) in [6, 6.07) is 0. The Morgan fingerprint density at radius 3 is 1.62 bits per heavy atom. The van der Waals surface area contributed by atoms with E-state index < -0.39 is 49.7 Å². The van der Waals surface area contributed by atoms with Gasteiger partial charge in [-0.1, -0.05) is 0 Å². The summed E-state index contributed by atoms with van der Waals surface area (Å²) >= 11 is 0. The van der Waals surface area contributed by atoms with Crippen molar-refractivity contribution >= 4 is 0 Å². The van der Waals surface area contributed by atoms with E-state index in [0.29, 0.717) is 0 Å². The Balaban J connectivity index is 4.19. The molecule has 0 aromatic carbocycles. The number of hydrogen-bond acceptors (Lipinski definition) is 7. The van der Waals surface area contributed by atoms with E-state index in [4.69, 9.17) is 15.3 Å². The molecule has 0 aliphatic heterocycles. The van der Waals surface area contributed by atoms with Crippen LogP contribution in [0.2, 0.25) is 0 Å². The number of aliphatic hydroxyl groups is 7. The molecule has 0 fully saturated rings. The van der Waals surface area contributed by atoms with Crippen molar-refractivity contribution in [3.05, 3.63) is 0 Å². The first kappa shape index (κ1) is 15.7. The van der Waals surface area contributed by atoms with Gasteiger partial charge in [0.2, 0.25) is 0 Å². The molecule has 7 N–H and O–H groups in total. The van der Waals surface area contributed by atoms with Crippen LogP contribution in [0.1, 0.15) is 13.3 Å². The van der Waals surface area contributed by atoms with Crippen molar-refractivity contribution in [3.63, 3.8) is 0 Å². The van der Waals surface area contributed by atoms with Gasteiger partial charge in [0.05, 0.1) is 24.9 Å². The Morgan fingerprint density at radius 1 is 0.750 bits per heavy atom. The normalized spacial score (nSPS) is 23.2. The maximum Gasteiger partial charge on any atom is 0.108 e. The fourth-order valence-electron chi connectivity index (χ4n) is 1.18. The molecule has 0 aliphatic carbocycles. The van der Waals surface area contributed by atoms with E-state index >= 15 is 0 Å². The molecule has 7 heteroatoms. The lowest BCUT2D eigenvalue weighted by Gasteiger charge is -2.27. The Morgan fingerprint density at radius 2 is 1.25 bits per heavy atom. The summed E-state index contributed by atoms with van der Waals surface area (Å²) in [4.78, 5) is 0. The van der Waals surface area contributed by atoms with Gasteiger partial charge in [0.1, 0.15) is 18.3 Å². The summed E-state index contributed by atoms with van der Waals surface area (Å²) in [7, 11) is 0. The highest BCUT2D eigenvalue weighted by Crippen LogP contribution is 2.11. The van der Waals surface area contributed by atoms with E-state index in [-0.39, 0.29) is 0 Å². The molecule has 0 aromatic heterocycles. The van der Waals surface area contributed by atoms with E-state index in [1.54, 1.807) is 0 Å². The third-order valence-corrected chi connectivity index (χ3v) is 2.35. The van der Waals surface area contributed by atoms with Gasteiger partial charge in [-0.3, -0.25) is 0 Å². The summed E-state index contributed by atoms with van der Waals surface area (Å²) in [5.74, 6) is 0. The van der Waals surface area contributed by atoms with Gasteiger partial charge in [0.15, 0.2) is 0 Å². The van der Waals surface area contributed by atoms with Gasteiger partial charge in [-0.05, 0) is 6.92 Å². The van der Waals surface area contributed by atoms with E-state index in [9.17, 15) is 20.4 Å². The number of hydrogen-bond donors (Lipinski definition) is 7. The predicted molar refractivity (Wildman–Crippen MR) is 53.4 cm³/mol. The minimum Gasteiger partial charge on any atom is -0.394 e. The average Bonchev–Trinajstić information content (AvgIpc) is 2.25. The quantitative estimate of drug-likeness (QED) is 0.245.